The van der Waals surface area contributed by atoms with Crippen molar-refractivity contribution in [3.63, 3.8) is 0 Å². The number of hydrogen-bond acceptors (Lipinski definition) is 0. The predicted octanol–water partition coefficient (Wildman–Crippen LogP) is 6.10. The molecule has 0 heterocycles. The van der Waals surface area contributed by atoms with Gasteiger partial charge in [0.1, 0.15) is 5.82 Å². The van der Waals surface area contributed by atoms with Crippen molar-refractivity contribution >= 4 is 11.7 Å². The van der Waals surface area contributed by atoms with Crippen LogP contribution >= 0.6 is 0 Å². The van der Waals surface area contributed by atoms with Crippen LogP contribution in [0.2, 0.25) is 0 Å². The van der Waals surface area contributed by atoms with Crippen molar-refractivity contribution in [3.05, 3.63) is 83.2 Å². The second-order valence-electron chi connectivity index (χ2n) is 4.92. The molecule has 0 unspecified atom stereocenters. The number of halogens is 3. The normalized spacial score (nSPS) is 12.5. The zero-order chi connectivity index (χ0) is 15.9. The lowest BCUT2D eigenvalue weighted by Crippen LogP contribution is -1.87. The van der Waals surface area contributed by atoms with Crippen LogP contribution in [0.15, 0.2) is 60.7 Å². The van der Waals surface area contributed by atoms with Crippen molar-refractivity contribution in [2.45, 2.75) is 19.8 Å². The Balaban J connectivity index is 2.20. The molecule has 0 saturated heterocycles. The maximum absolute atomic E-state index is 14.2. The first-order valence-electron chi connectivity index (χ1n) is 7.17. The maximum Gasteiger partial charge on any atom is 0.166 e. The molecule has 0 aliphatic heterocycles. The molecule has 0 radical (unpaired) electrons. The van der Waals surface area contributed by atoms with Gasteiger partial charge in [-0.1, -0.05) is 43.3 Å². The summed E-state index contributed by atoms with van der Waals surface area (Å²) in [6.45, 7) is 2.05. The van der Waals surface area contributed by atoms with E-state index in [4.69, 9.17) is 0 Å². The van der Waals surface area contributed by atoms with Gasteiger partial charge in [0, 0.05) is 11.1 Å². The summed E-state index contributed by atoms with van der Waals surface area (Å²) >= 11 is 0. The van der Waals surface area contributed by atoms with E-state index >= 15 is 0 Å². The summed E-state index contributed by atoms with van der Waals surface area (Å²) < 4.78 is 41.0. The zero-order valence-electron chi connectivity index (χ0n) is 12.3. The Morgan fingerprint density at radius 2 is 1.32 bits per heavy atom. The second-order valence-corrected chi connectivity index (χ2v) is 4.92. The number of hydrogen-bond donors (Lipinski definition) is 0. The fraction of sp³-hybridized carbons (Fsp3) is 0.158. The van der Waals surface area contributed by atoms with E-state index in [1.54, 1.807) is 24.3 Å². The van der Waals surface area contributed by atoms with E-state index in [9.17, 15) is 13.2 Å². The summed E-state index contributed by atoms with van der Waals surface area (Å²) in [6.07, 6.45) is 5.83. The fourth-order valence-electron chi connectivity index (χ4n) is 2.02. The van der Waals surface area contributed by atoms with Crippen LogP contribution in [0.4, 0.5) is 13.2 Å². The highest BCUT2D eigenvalue weighted by Crippen LogP contribution is 2.29. The third-order valence-corrected chi connectivity index (χ3v) is 3.25. The summed E-state index contributed by atoms with van der Waals surface area (Å²) in [6, 6.07) is 11.3. The van der Waals surface area contributed by atoms with Crippen molar-refractivity contribution in [2.24, 2.45) is 0 Å². The van der Waals surface area contributed by atoms with Crippen LogP contribution in [0.3, 0.4) is 0 Å². The lowest BCUT2D eigenvalue weighted by Gasteiger charge is -2.04. The van der Waals surface area contributed by atoms with Crippen LogP contribution in [0, 0.1) is 5.82 Å². The summed E-state index contributed by atoms with van der Waals surface area (Å²) in [7, 11) is 0. The third kappa shape index (κ3) is 4.10. The smallest absolute Gasteiger partial charge is 0.166 e. The van der Waals surface area contributed by atoms with Gasteiger partial charge in [-0.05, 0) is 42.7 Å². The largest absolute Gasteiger partial charge is 0.207 e. The Bertz CT molecular complexity index is 665. The van der Waals surface area contributed by atoms with Gasteiger partial charge in [-0.25, -0.2) is 13.2 Å². The Morgan fingerprint density at radius 3 is 1.82 bits per heavy atom. The molecule has 114 valence electrons. The monoisotopic (exact) mass is 302 g/mol. The van der Waals surface area contributed by atoms with E-state index in [1.165, 1.54) is 12.1 Å². The SMILES string of the molecule is CCC=CCc1ccc(C(F)=C(F)c2ccc(F)cc2)cc1. The Morgan fingerprint density at radius 1 is 0.818 bits per heavy atom. The van der Waals surface area contributed by atoms with E-state index < -0.39 is 17.5 Å². The lowest BCUT2D eigenvalue weighted by molar-refractivity contribution is 0.627. The summed E-state index contributed by atoms with van der Waals surface area (Å²) in [5.41, 5.74) is 1.22. The van der Waals surface area contributed by atoms with Crippen LogP contribution in [0.5, 0.6) is 0 Å². The molecule has 0 N–H and O–H groups in total. The molecule has 0 aliphatic rings. The molecule has 0 nitrogen and oxygen atoms in total. The van der Waals surface area contributed by atoms with Crippen molar-refractivity contribution in [3.8, 4) is 0 Å². The molecule has 0 fully saturated rings. The first-order valence-corrected chi connectivity index (χ1v) is 7.17. The lowest BCUT2D eigenvalue weighted by atomic mass is 10.1. The van der Waals surface area contributed by atoms with Crippen molar-refractivity contribution < 1.29 is 13.2 Å². The quantitative estimate of drug-likeness (QED) is 0.462. The van der Waals surface area contributed by atoms with E-state index in [-0.39, 0.29) is 11.1 Å². The van der Waals surface area contributed by atoms with Crippen LogP contribution in [0.1, 0.15) is 30.0 Å². The average molecular weight is 302 g/mol. The van der Waals surface area contributed by atoms with Crippen LogP contribution in [-0.4, -0.2) is 0 Å². The molecule has 3 heteroatoms. The molecular formula is C19H17F3. The average Bonchev–Trinajstić information content (AvgIpc) is 2.55. The van der Waals surface area contributed by atoms with Crippen LogP contribution in [0.25, 0.3) is 11.7 Å². The van der Waals surface area contributed by atoms with Gasteiger partial charge in [0.25, 0.3) is 0 Å². The van der Waals surface area contributed by atoms with E-state index in [2.05, 4.69) is 13.0 Å². The van der Waals surface area contributed by atoms with Crippen LogP contribution in [-0.2, 0) is 6.42 Å². The molecular weight excluding hydrogens is 285 g/mol. The highest BCUT2D eigenvalue weighted by molar-refractivity contribution is 5.83. The standard InChI is InChI=1S/C19H17F3/c1-2-3-4-5-14-6-8-15(9-7-14)18(21)19(22)16-10-12-17(20)13-11-16/h3-4,6-13H,2,5H2,1H3. The topological polar surface area (TPSA) is 0 Å². The van der Waals surface area contributed by atoms with E-state index in [0.29, 0.717) is 0 Å². The first kappa shape index (κ1) is 16.1. The molecule has 22 heavy (non-hydrogen) atoms. The van der Waals surface area contributed by atoms with Gasteiger partial charge in [0.05, 0.1) is 0 Å². The molecule has 0 saturated carbocycles. The minimum absolute atomic E-state index is 0.0221. The fourth-order valence-corrected chi connectivity index (χ4v) is 2.02. The number of benzene rings is 2. The van der Waals surface area contributed by atoms with Crippen molar-refractivity contribution in [1.29, 1.82) is 0 Å². The molecule has 2 aromatic carbocycles. The van der Waals surface area contributed by atoms with Crippen molar-refractivity contribution in [1.82, 2.24) is 0 Å². The van der Waals surface area contributed by atoms with Crippen molar-refractivity contribution in [2.75, 3.05) is 0 Å². The van der Waals surface area contributed by atoms with E-state index in [1.807, 2.05) is 6.08 Å². The van der Waals surface area contributed by atoms with E-state index in [0.717, 1.165) is 30.5 Å². The van der Waals surface area contributed by atoms with Gasteiger partial charge in [-0.15, -0.1) is 0 Å². The first-order chi connectivity index (χ1) is 10.6. The van der Waals surface area contributed by atoms with Gasteiger partial charge in [-0.2, -0.15) is 0 Å². The predicted molar refractivity (Wildman–Crippen MR) is 85.0 cm³/mol. The Hall–Kier alpha value is -2.29. The second kappa shape index (κ2) is 7.64. The van der Waals surface area contributed by atoms with Gasteiger partial charge in [-0.3, -0.25) is 0 Å². The van der Waals surface area contributed by atoms with Crippen LogP contribution < -0.4 is 0 Å². The molecule has 2 aromatic rings. The third-order valence-electron chi connectivity index (χ3n) is 3.25. The molecule has 2 rings (SSSR count). The highest BCUT2D eigenvalue weighted by atomic mass is 19.2. The molecule has 0 atom stereocenters. The van der Waals surface area contributed by atoms with Gasteiger partial charge >= 0.3 is 0 Å². The Labute approximate surface area is 128 Å². The van der Waals surface area contributed by atoms with Gasteiger partial charge < -0.3 is 0 Å². The van der Waals surface area contributed by atoms with Gasteiger partial charge in [0.2, 0.25) is 0 Å². The molecule has 0 spiro atoms. The minimum Gasteiger partial charge on any atom is -0.207 e. The molecule has 0 aromatic heterocycles. The summed E-state index contributed by atoms with van der Waals surface area (Å²) in [5.74, 6) is -2.41. The zero-order valence-corrected chi connectivity index (χ0v) is 12.3. The number of rotatable bonds is 5. The maximum atomic E-state index is 14.2. The molecule has 0 bridgehead atoms. The summed E-state index contributed by atoms with van der Waals surface area (Å²) in [5, 5.41) is 0. The molecule has 0 amide bonds. The van der Waals surface area contributed by atoms with Gasteiger partial charge in [0.15, 0.2) is 11.7 Å². The Kier molecular flexibility index (Phi) is 5.59. The molecule has 0 aliphatic carbocycles. The summed E-state index contributed by atoms with van der Waals surface area (Å²) in [4.78, 5) is 0. The minimum atomic E-state index is -0.987. The highest BCUT2D eigenvalue weighted by Gasteiger charge is 2.11. The number of allylic oxidation sites excluding steroid dienone is 2.